The standard InChI is InChI=1S/C32H43F2N3O9/c1-19-8-7-11-32(34)24(15-25(33)20(2)14-19)22-9-10-23(31(22,4)17-28(32)36-42)27(39)18-45-29(40)16-26(35-21(3)38)30(41)44-12-5-6-13-46-37-43/h7-8,14,22-26,28H,1,5-6,9-13,15-18H2,2-4H3,(H,35,38)/b8-7-,20-14+/t22?,23?,24-,25-,26?,28-,31-,32-/m0/s1. The van der Waals surface area contributed by atoms with Gasteiger partial charge < -0.3 is 19.6 Å². The normalized spacial score (nSPS) is 33.1. The van der Waals surface area contributed by atoms with Crippen molar-refractivity contribution >= 4 is 23.6 Å². The SMILES string of the molecule is C=C1/C=C\C[C@@]2(F)[C@@H](N=O)C[C@]3(C)C(C(=O)COC(=O)CC(NC(C)=O)C(=O)OCCCCON=O)CCC3[C@@H]2C[C@H](F)/C(C)=C/1. The van der Waals surface area contributed by atoms with E-state index in [1.54, 1.807) is 32.1 Å². The van der Waals surface area contributed by atoms with Gasteiger partial charge in [0, 0.05) is 25.2 Å². The lowest BCUT2D eigenvalue weighted by atomic mass is 9.53. The van der Waals surface area contributed by atoms with Crippen molar-refractivity contribution in [3.63, 3.8) is 0 Å². The first-order chi connectivity index (χ1) is 21.8. The molecule has 8 atom stereocenters. The third-order valence-electron chi connectivity index (χ3n) is 9.68. The number of hydrogen-bond donors (Lipinski definition) is 1. The summed E-state index contributed by atoms with van der Waals surface area (Å²) in [5.74, 6) is -4.87. The Morgan fingerprint density at radius 2 is 1.85 bits per heavy atom. The predicted molar refractivity (Wildman–Crippen MR) is 162 cm³/mol. The van der Waals surface area contributed by atoms with Crippen LogP contribution in [-0.2, 0) is 33.5 Å². The Balaban J connectivity index is 1.68. The molecule has 46 heavy (non-hydrogen) atoms. The summed E-state index contributed by atoms with van der Waals surface area (Å²) >= 11 is 0. The maximum Gasteiger partial charge on any atom is 0.329 e. The van der Waals surface area contributed by atoms with Gasteiger partial charge in [-0.15, -0.1) is 4.91 Å². The predicted octanol–water partition coefficient (Wildman–Crippen LogP) is 5.10. The van der Waals surface area contributed by atoms with Gasteiger partial charge in [0.05, 0.1) is 13.0 Å². The number of unbranched alkanes of at least 4 members (excludes halogenated alkanes) is 1. The molecule has 0 radical (unpaired) electrons. The van der Waals surface area contributed by atoms with Crippen LogP contribution in [0.1, 0.15) is 72.1 Å². The minimum Gasteiger partial charge on any atom is -0.464 e. The molecule has 254 valence electrons. The summed E-state index contributed by atoms with van der Waals surface area (Å²) in [5, 5.41) is 7.74. The molecule has 1 amide bonds. The van der Waals surface area contributed by atoms with Gasteiger partial charge in [0.15, 0.2) is 11.1 Å². The number of amides is 1. The molecular formula is C32H43F2N3O9. The van der Waals surface area contributed by atoms with Crippen LogP contribution < -0.4 is 5.32 Å². The number of halogens is 2. The van der Waals surface area contributed by atoms with Crippen molar-refractivity contribution < 1.29 is 42.3 Å². The highest BCUT2D eigenvalue weighted by Crippen LogP contribution is 2.63. The van der Waals surface area contributed by atoms with Gasteiger partial charge in [0.2, 0.25) is 5.91 Å². The first-order valence-corrected chi connectivity index (χ1v) is 15.5. The van der Waals surface area contributed by atoms with E-state index < -0.39 is 83.7 Å². The zero-order valence-corrected chi connectivity index (χ0v) is 26.5. The zero-order chi connectivity index (χ0) is 34.1. The second-order valence-electron chi connectivity index (χ2n) is 12.7. The Morgan fingerprint density at radius 3 is 2.52 bits per heavy atom. The molecule has 0 aliphatic heterocycles. The van der Waals surface area contributed by atoms with E-state index in [0.717, 1.165) is 6.92 Å². The van der Waals surface area contributed by atoms with Crippen molar-refractivity contribution in [3.8, 4) is 0 Å². The monoisotopic (exact) mass is 651 g/mol. The van der Waals surface area contributed by atoms with Crippen LogP contribution in [0.15, 0.2) is 46.5 Å². The zero-order valence-electron chi connectivity index (χ0n) is 26.5. The van der Waals surface area contributed by atoms with Crippen LogP contribution in [0.25, 0.3) is 0 Å². The number of nitrogens with zero attached hydrogens (tertiary/aromatic N) is 2. The number of nitroso groups, excluding NO2 is 1. The Bertz CT molecular complexity index is 1260. The van der Waals surface area contributed by atoms with Gasteiger partial charge >= 0.3 is 11.9 Å². The van der Waals surface area contributed by atoms with Crippen molar-refractivity contribution in [2.45, 2.75) is 96.1 Å². The highest BCUT2D eigenvalue weighted by molar-refractivity contribution is 5.89. The van der Waals surface area contributed by atoms with Gasteiger partial charge in [-0.2, -0.15) is 4.91 Å². The minimum absolute atomic E-state index is 0.0205. The van der Waals surface area contributed by atoms with E-state index in [1.165, 1.54) is 0 Å². The summed E-state index contributed by atoms with van der Waals surface area (Å²) in [6, 6.07) is -2.68. The van der Waals surface area contributed by atoms with Crippen molar-refractivity contribution in [1.29, 1.82) is 0 Å². The molecule has 0 spiro atoms. The van der Waals surface area contributed by atoms with Crippen LogP contribution in [-0.4, -0.2) is 67.4 Å². The van der Waals surface area contributed by atoms with Gasteiger partial charge in [-0.1, -0.05) is 36.9 Å². The number of nitrogens with one attached hydrogen (secondary N) is 1. The maximum atomic E-state index is 16.9. The lowest BCUT2D eigenvalue weighted by Crippen LogP contribution is -2.58. The second-order valence-corrected chi connectivity index (χ2v) is 12.7. The fourth-order valence-corrected chi connectivity index (χ4v) is 7.41. The number of allylic oxidation sites excluding steroid dienone is 5. The van der Waals surface area contributed by atoms with Crippen molar-refractivity contribution in [1.82, 2.24) is 5.32 Å². The average molecular weight is 652 g/mol. The van der Waals surface area contributed by atoms with E-state index in [1.807, 2.05) is 0 Å². The van der Waals surface area contributed by atoms with Crippen molar-refractivity contribution in [2.75, 3.05) is 19.8 Å². The lowest BCUT2D eigenvalue weighted by molar-refractivity contribution is -0.156. The minimum atomic E-state index is -2.11. The van der Waals surface area contributed by atoms with Crippen LogP contribution in [0.2, 0.25) is 0 Å². The number of carbonyl (C=O) groups is 4. The molecule has 3 aliphatic carbocycles. The Labute approximate surface area is 266 Å². The van der Waals surface area contributed by atoms with E-state index >= 15 is 8.78 Å². The molecule has 1 N–H and O–H groups in total. The lowest BCUT2D eigenvalue weighted by Gasteiger charge is -2.53. The molecule has 0 saturated heterocycles. The number of Topliss-reactive ketones (excluding diaryl/α,β-unsaturated/α-hetero) is 1. The molecule has 0 bridgehead atoms. The Kier molecular flexibility index (Phi) is 12.8. The topological polar surface area (TPSA) is 167 Å². The summed E-state index contributed by atoms with van der Waals surface area (Å²) < 4.78 is 42.7. The van der Waals surface area contributed by atoms with Crippen LogP contribution in [0.5, 0.6) is 0 Å². The Morgan fingerprint density at radius 1 is 1.13 bits per heavy atom. The first-order valence-electron chi connectivity index (χ1n) is 15.5. The first kappa shape index (κ1) is 36.6. The summed E-state index contributed by atoms with van der Waals surface area (Å²) in [4.78, 5) is 76.6. The van der Waals surface area contributed by atoms with Crippen LogP contribution in [0, 0.1) is 33.0 Å². The van der Waals surface area contributed by atoms with Gasteiger partial charge in [-0.25, -0.2) is 13.6 Å². The second kappa shape index (κ2) is 16.1. The molecule has 14 heteroatoms. The van der Waals surface area contributed by atoms with E-state index in [0.29, 0.717) is 36.8 Å². The van der Waals surface area contributed by atoms with Crippen LogP contribution >= 0.6 is 0 Å². The summed E-state index contributed by atoms with van der Waals surface area (Å²) in [6.45, 7) is 7.76. The van der Waals surface area contributed by atoms with Crippen molar-refractivity contribution in [2.24, 2.45) is 33.7 Å². The summed E-state index contributed by atoms with van der Waals surface area (Å²) in [5.41, 5.74) is -2.09. The fraction of sp³-hybridized carbons (Fsp3) is 0.688. The number of hydrogen-bond acceptors (Lipinski definition) is 11. The smallest absolute Gasteiger partial charge is 0.329 e. The van der Waals surface area contributed by atoms with E-state index in [-0.39, 0.29) is 32.5 Å². The average Bonchev–Trinajstić information content (AvgIpc) is 3.34. The third kappa shape index (κ3) is 8.69. The molecule has 12 nitrogen and oxygen atoms in total. The number of alkyl halides is 2. The largest absolute Gasteiger partial charge is 0.464 e. The molecule has 2 fully saturated rings. The third-order valence-corrected chi connectivity index (χ3v) is 9.68. The molecule has 3 aliphatic rings. The van der Waals surface area contributed by atoms with Gasteiger partial charge in [-0.3, -0.25) is 14.4 Å². The number of ether oxygens (including phenoxy) is 2. The molecule has 0 aromatic rings. The van der Waals surface area contributed by atoms with Gasteiger partial charge in [-0.05, 0) is 67.9 Å². The Hall–Kier alpha value is -3.84. The molecule has 3 unspecified atom stereocenters. The van der Waals surface area contributed by atoms with E-state index in [4.69, 9.17) is 9.47 Å². The molecule has 0 aromatic heterocycles. The molecule has 2 saturated carbocycles. The highest BCUT2D eigenvalue weighted by atomic mass is 19.1. The van der Waals surface area contributed by atoms with Crippen LogP contribution in [0.3, 0.4) is 0 Å². The summed E-state index contributed by atoms with van der Waals surface area (Å²) in [7, 11) is 0. The molecule has 0 heterocycles. The number of carbonyl (C=O) groups excluding carboxylic acids is 4. The maximum absolute atomic E-state index is 16.9. The fourth-order valence-electron chi connectivity index (χ4n) is 7.41. The quantitative estimate of drug-likeness (QED) is 0.116. The van der Waals surface area contributed by atoms with Crippen molar-refractivity contribution in [3.05, 3.63) is 45.8 Å². The molecular weight excluding hydrogens is 608 g/mol. The number of fused-ring (bicyclic) bond motifs is 3. The summed E-state index contributed by atoms with van der Waals surface area (Å²) in [6.07, 6.45) is 3.88. The highest BCUT2D eigenvalue weighted by Gasteiger charge is 2.65. The molecule has 3 rings (SSSR count). The van der Waals surface area contributed by atoms with E-state index in [9.17, 15) is 29.0 Å². The number of ketones is 1. The van der Waals surface area contributed by atoms with Gasteiger partial charge in [0.25, 0.3) is 0 Å². The number of esters is 2. The van der Waals surface area contributed by atoms with Gasteiger partial charge in [0.1, 0.15) is 37.1 Å². The van der Waals surface area contributed by atoms with E-state index in [2.05, 4.69) is 27.3 Å². The van der Waals surface area contributed by atoms with Crippen LogP contribution in [0.4, 0.5) is 8.78 Å². The number of rotatable bonds is 14. The molecule has 0 aromatic carbocycles.